The van der Waals surface area contributed by atoms with Crippen molar-refractivity contribution in [1.82, 2.24) is 9.97 Å². The summed E-state index contributed by atoms with van der Waals surface area (Å²) < 4.78 is 0. The zero-order valence-electron chi connectivity index (χ0n) is 13.7. The minimum absolute atomic E-state index is 0.271. The lowest BCUT2D eigenvalue weighted by molar-refractivity contribution is 0.102. The van der Waals surface area contributed by atoms with E-state index in [4.69, 9.17) is 23.2 Å². The molecule has 0 saturated heterocycles. The van der Waals surface area contributed by atoms with Gasteiger partial charge in [0.1, 0.15) is 5.69 Å². The highest BCUT2D eigenvalue weighted by atomic mass is 35.5. The van der Waals surface area contributed by atoms with E-state index in [9.17, 15) is 4.79 Å². The van der Waals surface area contributed by atoms with E-state index in [1.54, 1.807) is 30.5 Å². The van der Waals surface area contributed by atoms with Crippen LogP contribution in [0.15, 0.2) is 30.5 Å². The molecule has 0 atom stereocenters. The number of aromatic nitrogens is 2. The van der Waals surface area contributed by atoms with Crippen molar-refractivity contribution in [1.29, 1.82) is 0 Å². The second kappa shape index (κ2) is 8.85. The Morgan fingerprint density at radius 2 is 1.75 bits per heavy atom. The topological polar surface area (TPSA) is 58.1 Å². The first-order chi connectivity index (χ1) is 11.6. The zero-order valence-corrected chi connectivity index (χ0v) is 15.2. The van der Waals surface area contributed by atoms with E-state index in [2.05, 4.69) is 34.0 Å². The number of hydrogen-bond acceptors (Lipinski definition) is 4. The van der Waals surface area contributed by atoms with Crippen LogP contribution in [0.3, 0.4) is 0 Å². The Balaban J connectivity index is 2.22. The molecule has 0 fully saturated rings. The molecule has 0 aliphatic heterocycles. The number of nitrogens with zero attached hydrogens (tertiary/aromatic N) is 3. The van der Waals surface area contributed by atoms with Gasteiger partial charge in [-0.25, -0.2) is 9.97 Å². The third kappa shape index (κ3) is 4.58. The van der Waals surface area contributed by atoms with Crippen LogP contribution in [0, 0.1) is 0 Å². The van der Waals surface area contributed by atoms with E-state index < -0.39 is 0 Å². The van der Waals surface area contributed by atoms with E-state index >= 15 is 0 Å². The van der Waals surface area contributed by atoms with Crippen molar-refractivity contribution >= 4 is 40.7 Å². The molecule has 24 heavy (non-hydrogen) atoms. The van der Waals surface area contributed by atoms with Crippen LogP contribution in [-0.2, 0) is 0 Å². The molecule has 2 rings (SSSR count). The number of nitrogens with one attached hydrogen (secondary N) is 1. The average molecular weight is 367 g/mol. The molecule has 0 aliphatic carbocycles. The summed E-state index contributed by atoms with van der Waals surface area (Å²) in [6, 6.07) is 6.62. The van der Waals surface area contributed by atoms with E-state index in [0.717, 1.165) is 25.9 Å². The minimum atomic E-state index is -0.374. The summed E-state index contributed by atoms with van der Waals surface area (Å²) in [6.45, 7) is 5.88. The Morgan fingerprint density at radius 3 is 2.33 bits per heavy atom. The van der Waals surface area contributed by atoms with E-state index in [0.29, 0.717) is 21.7 Å². The molecular formula is C17H20Cl2N4O. The quantitative estimate of drug-likeness (QED) is 0.773. The van der Waals surface area contributed by atoms with Crippen molar-refractivity contribution in [3.05, 3.63) is 46.2 Å². The Labute approximate surface area is 152 Å². The van der Waals surface area contributed by atoms with Crippen molar-refractivity contribution < 1.29 is 4.79 Å². The monoisotopic (exact) mass is 366 g/mol. The Morgan fingerprint density at radius 1 is 1.12 bits per heavy atom. The molecule has 7 heteroatoms. The summed E-state index contributed by atoms with van der Waals surface area (Å²) in [4.78, 5) is 23.2. The number of benzene rings is 1. The van der Waals surface area contributed by atoms with Gasteiger partial charge in [0.05, 0.1) is 15.7 Å². The van der Waals surface area contributed by atoms with Gasteiger partial charge in [-0.1, -0.05) is 43.1 Å². The average Bonchev–Trinajstić information content (AvgIpc) is 2.58. The van der Waals surface area contributed by atoms with E-state index in [-0.39, 0.29) is 11.6 Å². The van der Waals surface area contributed by atoms with Crippen molar-refractivity contribution in [2.45, 2.75) is 26.7 Å². The predicted molar refractivity (Wildman–Crippen MR) is 99.2 cm³/mol. The lowest BCUT2D eigenvalue weighted by Crippen LogP contribution is -2.28. The predicted octanol–water partition coefficient (Wildman–Crippen LogP) is 4.66. The lowest BCUT2D eigenvalue weighted by Gasteiger charge is -2.21. The molecule has 1 aromatic carbocycles. The Bertz CT molecular complexity index is 682. The van der Waals surface area contributed by atoms with Gasteiger partial charge in [0.15, 0.2) is 0 Å². The van der Waals surface area contributed by atoms with Crippen LogP contribution in [0.1, 0.15) is 37.2 Å². The first-order valence-electron chi connectivity index (χ1n) is 7.90. The fraction of sp³-hybridized carbons (Fsp3) is 0.353. The van der Waals surface area contributed by atoms with E-state index in [1.807, 2.05) is 0 Å². The molecule has 0 saturated carbocycles. The van der Waals surface area contributed by atoms with Crippen molar-refractivity contribution in [3.8, 4) is 0 Å². The smallest absolute Gasteiger partial charge is 0.274 e. The van der Waals surface area contributed by atoms with E-state index in [1.165, 1.54) is 0 Å². The summed E-state index contributed by atoms with van der Waals surface area (Å²) in [5.74, 6) is 0.179. The van der Waals surface area contributed by atoms with Gasteiger partial charge in [0, 0.05) is 19.3 Å². The number of amides is 1. The summed E-state index contributed by atoms with van der Waals surface area (Å²) >= 11 is 12.2. The van der Waals surface area contributed by atoms with Crippen LogP contribution < -0.4 is 10.2 Å². The van der Waals surface area contributed by atoms with Gasteiger partial charge in [0.25, 0.3) is 5.91 Å². The van der Waals surface area contributed by atoms with Gasteiger partial charge in [-0.05, 0) is 31.0 Å². The number of anilines is 2. The Hall–Kier alpha value is -1.85. The normalized spacial score (nSPS) is 10.5. The van der Waals surface area contributed by atoms with Crippen LogP contribution in [-0.4, -0.2) is 29.0 Å². The molecule has 5 nitrogen and oxygen atoms in total. The summed E-state index contributed by atoms with van der Waals surface area (Å²) in [7, 11) is 0. The molecule has 1 aromatic heterocycles. The number of hydrogen-bond donors (Lipinski definition) is 1. The maximum absolute atomic E-state index is 12.5. The second-order valence-corrected chi connectivity index (χ2v) is 6.09. The fourth-order valence-corrected chi connectivity index (χ4v) is 2.77. The fourth-order valence-electron chi connectivity index (χ4n) is 2.27. The number of carbonyl (C=O) groups excluding carboxylic acids is 1. The van der Waals surface area contributed by atoms with Crippen molar-refractivity contribution in [2.24, 2.45) is 0 Å². The van der Waals surface area contributed by atoms with Crippen molar-refractivity contribution in [3.63, 3.8) is 0 Å². The lowest BCUT2D eigenvalue weighted by atomic mass is 10.3. The van der Waals surface area contributed by atoms with Crippen LogP contribution in [0.4, 0.5) is 11.6 Å². The first-order valence-corrected chi connectivity index (χ1v) is 8.65. The van der Waals surface area contributed by atoms with Crippen LogP contribution in [0.2, 0.25) is 10.0 Å². The molecule has 2 aromatic rings. The van der Waals surface area contributed by atoms with Crippen LogP contribution >= 0.6 is 23.2 Å². The maximum atomic E-state index is 12.5. The molecule has 0 radical (unpaired) electrons. The second-order valence-electron chi connectivity index (χ2n) is 5.28. The number of carbonyl (C=O) groups is 1. The van der Waals surface area contributed by atoms with Gasteiger partial charge < -0.3 is 10.2 Å². The van der Waals surface area contributed by atoms with Gasteiger partial charge in [-0.15, -0.1) is 0 Å². The SMILES string of the molecule is CCCN(CCC)c1nccc(C(=O)Nc2c(Cl)cccc2Cl)n1. The zero-order chi connectivity index (χ0) is 17.5. The van der Waals surface area contributed by atoms with Gasteiger partial charge in [0.2, 0.25) is 5.95 Å². The van der Waals surface area contributed by atoms with Gasteiger partial charge >= 0.3 is 0 Å². The molecule has 0 bridgehead atoms. The Kier molecular flexibility index (Phi) is 6.82. The highest BCUT2D eigenvalue weighted by Gasteiger charge is 2.15. The highest BCUT2D eigenvalue weighted by molar-refractivity contribution is 6.39. The third-order valence-electron chi connectivity index (χ3n) is 3.35. The van der Waals surface area contributed by atoms with Crippen LogP contribution in [0.25, 0.3) is 0 Å². The molecular weight excluding hydrogens is 347 g/mol. The molecule has 1 N–H and O–H groups in total. The van der Waals surface area contributed by atoms with Gasteiger partial charge in [-0.2, -0.15) is 0 Å². The summed E-state index contributed by atoms with van der Waals surface area (Å²) in [5.41, 5.74) is 0.651. The summed E-state index contributed by atoms with van der Waals surface area (Å²) in [6.07, 6.45) is 3.55. The molecule has 1 amide bonds. The number of halogens is 2. The van der Waals surface area contributed by atoms with Crippen LogP contribution in [0.5, 0.6) is 0 Å². The molecule has 0 unspecified atom stereocenters. The maximum Gasteiger partial charge on any atom is 0.274 e. The standard InChI is InChI=1S/C17H20Cl2N4O/c1-3-10-23(11-4-2)17-20-9-8-14(21-17)16(24)22-15-12(18)6-5-7-13(15)19/h5-9H,3-4,10-11H2,1-2H3,(H,22,24). The number of para-hydroxylation sites is 1. The largest absolute Gasteiger partial charge is 0.341 e. The molecule has 1 heterocycles. The highest BCUT2D eigenvalue weighted by Crippen LogP contribution is 2.30. The summed E-state index contributed by atoms with van der Waals surface area (Å²) in [5, 5.41) is 3.47. The van der Waals surface area contributed by atoms with Gasteiger partial charge in [-0.3, -0.25) is 4.79 Å². The molecule has 128 valence electrons. The van der Waals surface area contributed by atoms with Crippen molar-refractivity contribution in [2.75, 3.05) is 23.3 Å². The third-order valence-corrected chi connectivity index (χ3v) is 3.98. The molecule has 0 spiro atoms. The minimum Gasteiger partial charge on any atom is -0.341 e. The molecule has 0 aliphatic rings. The first kappa shape index (κ1) is 18.5. The number of rotatable bonds is 7.